The zero-order valence-electron chi connectivity index (χ0n) is 11.4. The van der Waals surface area contributed by atoms with Crippen molar-refractivity contribution >= 4 is 18.3 Å². The van der Waals surface area contributed by atoms with Crippen LogP contribution in [0.1, 0.15) is 39.5 Å². The molecule has 18 heavy (non-hydrogen) atoms. The number of ether oxygens (including phenoxy) is 1. The Labute approximate surface area is 116 Å². The lowest BCUT2D eigenvalue weighted by molar-refractivity contribution is -0.136. The van der Waals surface area contributed by atoms with Gasteiger partial charge in [-0.25, -0.2) is 0 Å². The summed E-state index contributed by atoms with van der Waals surface area (Å²) in [4.78, 5) is 13.9. The second-order valence-corrected chi connectivity index (χ2v) is 5.87. The molecular formula is C13H25ClN2O2. The molecule has 1 amide bonds. The number of hydrogen-bond donors (Lipinski definition) is 1. The van der Waals surface area contributed by atoms with Crippen LogP contribution in [0.25, 0.3) is 0 Å². The Hall–Kier alpha value is -0.320. The third-order valence-electron chi connectivity index (χ3n) is 3.61. The van der Waals surface area contributed by atoms with Crippen LogP contribution in [-0.2, 0) is 9.53 Å². The minimum atomic E-state index is -0.508. The minimum absolute atomic E-state index is 0. The molecule has 1 saturated carbocycles. The summed E-state index contributed by atoms with van der Waals surface area (Å²) < 4.78 is 5.80. The first kappa shape index (κ1) is 15.7. The molecule has 0 aromatic rings. The van der Waals surface area contributed by atoms with Crippen molar-refractivity contribution in [1.82, 2.24) is 4.90 Å². The van der Waals surface area contributed by atoms with Crippen LogP contribution in [0, 0.1) is 5.92 Å². The minimum Gasteiger partial charge on any atom is -0.378 e. The Kier molecular flexibility index (Phi) is 5.44. The molecular weight excluding hydrogens is 252 g/mol. The number of rotatable bonds is 4. The highest BCUT2D eigenvalue weighted by Crippen LogP contribution is 2.34. The molecule has 1 heterocycles. The molecule has 0 unspecified atom stereocenters. The van der Waals surface area contributed by atoms with Gasteiger partial charge in [-0.15, -0.1) is 12.4 Å². The Balaban J connectivity index is 0.00000162. The van der Waals surface area contributed by atoms with E-state index in [1.165, 1.54) is 0 Å². The van der Waals surface area contributed by atoms with Crippen molar-refractivity contribution in [3.63, 3.8) is 0 Å². The summed E-state index contributed by atoms with van der Waals surface area (Å²) in [6, 6.07) is 0. The lowest BCUT2D eigenvalue weighted by Gasteiger charge is -2.33. The van der Waals surface area contributed by atoms with Gasteiger partial charge in [-0.05, 0) is 31.6 Å². The van der Waals surface area contributed by atoms with Crippen LogP contribution >= 0.6 is 12.4 Å². The molecule has 2 rings (SSSR count). The van der Waals surface area contributed by atoms with Gasteiger partial charge in [-0.2, -0.15) is 0 Å². The molecule has 1 aliphatic heterocycles. The van der Waals surface area contributed by atoms with Crippen molar-refractivity contribution in [1.29, 1.82) is 0 Å². The van der Waals surface area contributed by atoms with Gasteiger partial charge >= 0.3 is 0 Å². The number of piperidine rings is 1. The third-order valence-corrected chi connectivity index (χ3v) is 3.61. The van der Waals surface area contributed by atoms with E-state index < -0.39 is 5.54 Å². The van der Waals surface area contributed by atoms with Crippen LogP contribution in [0.3, 0.4) is 0 Å². The summed E-state index contributed by atoms with van der Waals surface area (Å²) in [7, 11) is 0. The van der Waals surface area contributed by atoms with E-state index in [2.05, 4.69) is 13.8 Å². The quantitative estimate of drug-likeness (QED) is 0.848. The highest BCUT2D eigenvalue weighted by molar-refractivity contribution is 5.89. The fourth-order valence-corrected chi connectivity index (χ4v) is 2.22. The van der Waals surface area contributed by atoms with Gasteiger partial charge in [0.05, 0.1) is 11.6 Å². The van der Waals surface area contributed by atoms with E-state index in [4.69, 9.17) is 10.5 Å². The summed E-state index contributed by atoms with van der Waals surface area (Å²) in [5.41, 5.74) is 5.42. The number of carbonyl (C=O) groups excluding carboxylic acids is 1. The molecule has 2 N–H and O–H groups in total. The summed E-state index contributed by atoms with van der Waals surface area (Å²) in [5.74, 6) is 0.730. The van der Waals surface area contributed by atoms with Crippen molar-refractivity contribution in [3.8, 4) is 0 Å². The molecule has 2 aliphatic rings. The van der Waals surface area contributed by atoms with E-state index in [9.17, 15) is 4.79 Å². The number of hydrogen-bond acceptors (Lipinski definition) is 3. The molecule has 0 aromatic carbocycles. The van der Waals surface area contributed by atoms with Crippen LogP contribution in [0.5, 0.6) is 0 Å². The van der Waals surface area contributed by atoms with Crippen molar-refractivity contribution in [3.05, 3.63) is 0 Å². The van der Waals surface area contributed by atoms with Gasteiger partial charge < -0.3 is 15.4 Å². The average Bonchev–Trinajstić information content (AvgIpc) is 3.06. The lowest BCUT2D eigenvalue weighted by Crippen LogP contribution is -2.49. The number of likely N-dealkylation sites (tertiary alicyclic amines) is 1. The number of nitrogens with two attached hydrogens (primary N) is 1. The SMILES string of the molecule is CC(C)COC1CCN(C(=O)C2(N)CC2)CC1.Cl. The molecule has 5 heteroatoms. The highest BCUT2D eigenvalue weighted by Gasteiger charge is 2.48. The van der Waals surface area contributed by atoms with Gasteiger partial charge in [0, 0.05) is 19.7 Å². The van der Waals surface area contributed by atoms with Gasteiger partial charge in [0.15, 0.2) is 0 Å². The van der Waals surface area contributed by atoms with Crippen LogP contribution in [0.2, 0.25) is 0 Å². The summed E-state index contributed by atoms with van der Waals surface area (Å²) in [6.45, 7) is 6.74. The zero-order chi connectivity index (χ0) is 12.5. The van der Waals surface area contributed by atoms with Gasteiger partial charge in [0.1, 0.15) is 0 Å². The fraction of sp³-hybridized carbons (Fsp3) is 0.923. The monoisotopic (exact) mass is 276 g/mol. The smallest absolute Gasteiger partial charge is 0.242 e. The van der Waals surface area contributed by atoms with Gasteiger partial charge in [-0.3, -0.25) is 4.79 Å². The second-order valence-electron chi connectivity index (χ2n) is 5.87. The number of amides is 1. The Bertz CT molecular complexity index is 285. The second kappa shape index (κ2) is 6.22. The molecule has 4 nitrogen and oxygen atoms in total. The van der Waals surface area contributed by atoms with Crippen molar-refractivity contribution < 1.29 is 9.53 Å². The molecule has 106 valence electrons. The largest absolute Gasteiger partial charge is 0.378 e. The maximum absolute atomic E-state index is 12.0. The Morgan fingerprint density at radius 2 is 1.94 bits per heavy atom. The van der Waals surface area contributed by atoms with E-state index in [1.54, 1.807) is 0 Å². The van der Waals surface area contributed by atoms with Crippen molar-refractivity contribution in [2.24, 2.45) is 11.7 Å². The Morgan fingerprint density at radius 1 is 1.39 bits per heavy atom. The fourth-order valence-electron chi connectivity index (χ4n) is 2.22. The van der Waals surface area contributed by atoms with Gasteiger partial charge in [0.2, 0.25) is 5.91 Å². The van der Waals surface area contributed by atoms with Crippen molar-refractivity contribution in [2.45, 2.75) is 51.2 Å². The van der Waals surface area contributed by atoms with E-state index in [0.717, 1.165) is 45.4 Å². The van der Waals surface area contributed by atoms with E-state index in [-0.39, 0.29) is 18.3 Å². The van der Waals surface area contributed by atoms with Crippen LogP contribution < -0.4 is 5.73 Å². The molecule has 1 aliphatic carbocycles. The van der Waals surface area contributed by atoms with Gasteiger partial charge in [-0.1, -0.05) is 13.8 Å². The maximum Gasteiger partial charge on any atom is 0.242 e. The predicted octanol–water partition coefficient (Wildman–Crippen LogP) is 1.56. The average molecular weight is 277 g/mol. The predicted molar refractivity (Wildman–Crippen MR) is 73.8 cm³/mol. The number of nitrogens with zero attached hydrogens (tertiary/aromatic N) is 1. The van der Waals surface area contributed by atoms with E-state index >= 15 is 0 Å². The van der Waals surface area contributed by atoms with E-state index in [0.29, 0.717) is 12.0 Å². The zero-order valence-corrected chi connectivity index (χ0v) is 12.2. The third kappa shape index (κ3) is 3.84. The van der Waals surface area contributed by atoms with Crippen LogP contribution in [0.15, 0.2) is 0 Å². The molecule has 0 radical (unpaired) electrons. The normalized spacial score (nSPS) is 22.8. The maximum atomic E-state index is 12.0. The summed E-state index contributed by atoms with van der Waals surface area (Å²) in [6.07, 6.45) is 3.95. The summed E-state index contributed by atoms with van der Waals surface area (Å²) >= 11 is 0. The molecule has 1 saturated heterocycles. The highest BCUT2D eigenvalue weighted by atomic mass is 35.5. The standard InChI is InChI=1S/C13H24N2O2.ClH/c1-10(2)9-17-11-3-7-15(8-4-11)12(16)13(14)5-6-13;/h10-11H,3-9,14H2,1-2H3;1H. The Morgan fingerprint density at radius 3 is 2.39 bits per heavy atom. The topological polar surface area (TPSA) is 55.6 Å². The molecule has 0 aromatic heterocycles. The molecule has 0 atom stereocenters. The first-order chi connectivity index (χ1) is 8.01. The lowest BCUT2D eigenvalue weighted by atomic mass is 10.1. The molecule has 0 bridgehead atoms. The number of carbonyl (C=O) groups is 1. The summed E-state index contributed by atoms with van der Waals surface area (Å²) in [5, 5.41) is 0. The van der Waals surface area contributed by atoms with Crippen LogP contribution in [-0.4, -0.2) is 42.1 Å². The first-order valence-corrected chi connectivity index (χ1v) is 6.71. The van der Waals surface area contributed by atoms with Gasteiger partial charge in [0.25, 0.3) is 0 Å². The molecule has 0 spiro atoms. The number of halogens is 1. The van der Waals surface area contributed by atoms with Crippen LogP contribution in [0.4, 0.5) is 0 Å². The molecule has 2 fully saturated rings. The van der Waals surface area contributed by atoms with E-state index in [1.807, 2.05) is 4.90 Å². The van der Waals surface area contributed by atoms with Crippen molar-refractivity contribution in [2.75, 3.05) is 19.7 Å². The first-order valence-electron chi connectivity index (χ1n) is 6.71.